The molecule has 0 aromatic carbocycles. The third-order valence-corrected chi connectivity index (χ3v) is 3.86. The zero-order valence-corrected chi connectivity index (χ0v) is 12.0. The second-order valence-corrected chi connectivity index (χ2v) is 5.42. The summed E-state index contributed by atoms with van der Waals surface area (Å²) in [6.45, 7) is 0.581. The maximum atomic E-state index is 12.5. The third-order valence-electron chi connectivity index (χ3n) is 3.35. The molecule has 1 saturated carbocycles. The topological polar surface area (TPSA) is 53.4 Å². The van der Waals surface area contributed by atoms with E-state index in [0.29, 0.717) is 18.0 Å². The van der Waals surface area contributed by atoms with Crippen molar-refractivity contribution in [2.45, 2.75) is 31.7 Å². The zero-order valence-electron chi connectivity index (χ0n) is 10.5. The standard InChI is InChI=1S/C13H16Cl2N2O2/c14-10-5-6-11(15)16-12(10)13(19)17(7-2-8-18)9-3-1-4-9/h5-6,9,18H,1-4,7-8H2. The Labute approximate surface area is 122 Å². The minimum Gasteiger partial charge on any atom is -0.396 e. The molecule has 0 aliphatic heterocycles. The summed E-state index contributed by atoms with van der Waals surface area (Å²) in [6, 6.07) is 3.37. The number of carbonyl (C=O) groups excluding carboxylic acids is 1. The number of aliphatic hydroxyl groups excluding tert-OH is 1. The molecule has 1 N–H and O–H groups in total. The average Bonchev–Trinajstić information content (AvgIpc) is 2.34. The highest BCUT2D eigenvalue weighted by Crippen LogP contribution is 2.28. The van der Waals surface area contributed by atoms with Crippen LogP contribution >= 0.6 is 23.2 Å². The minimum absolute atomic E-state index is 0.0627. The molecule has 4 nitrogen and oxygen atoms in total. The van der Waals surface area contributed by atoms with Crippen molar-refractivity contribution >= 4 is 29.1 Å². The second kappa shape index (κ2) is 6.55. The van der Waals surface area contributed by atoms with Crippen LogP contribution in [0.15, 0.2) is 12.1 Å². The first-order chi connectivity index (χ1) is 9.13. The van der Waals surface area contributed by atoms with E-state index in [-0.39, 0.29) is 29.4 Å². The maximum absolute atomic E-state index is 12.5. The number of hydrogen-bond donors (Lipinski definition) is 1. The number of carbonyl (C=O) groups is 1. The fourth-order valence-corrected chi connectivity index (χ4v) is 2.43. The van der Waals surface area contributed by atoms with Gasteiger partial charge in [0.2, 0.25) is 0 Å². The van der Waals surface area contributed by atoms with Gasteiger partial charge in [-0.05, 0) is 37.8 Å². The summed E-state index contributed by atoms with van der Waals surface area (Å²) in [5, 5.41) is 9.50. The van der Waals surface area contributed by atoms with E-state index in [4.69, 9.17) is 28.3 Å². The first kappa shape index (κ1) is 14.6. The van der Waals surface area contributed by atoms with Gasteiger partial charge < -0.3 is 10.0 Å². The van der Waals surface area contributed by atoms with Crippen LogP contribution in [0.3, 0.4) is 0 Å². The molecule has 2 rings (SSSR count). The number of aromatic nitrogens is 1. The number of pyridine rings is 1. The molecule has 0 atom stereocenters. The highest BCUT2D eigenvalue weighted by molar-refractivity contribution is 6.34. The Morgan fingerprint density at radius 3 is 2.74 bits per heavy atom. The lowest BCUT2D eigenvalue weighted by Gasteiger charge is -2.37. The molecule has 19 heavy (non-hydrogen) atoms. The van der Waals surface area contributed by atoms with Crippen LogP contribution in [0.1, 0.15) is 36.2 Å². The zero-order chi connectivity index (χ0) is 13.8. The van der Waals surface area contributed by atoms with Crippen LogP contribution in [0.25, 0.3) is 0 Å². The van der Waals surface area contributed by atoms with Crippen LogP contribution in [-0.4, -0.2) is 40.1 Å². The van der Waals surface area contributed by atoms with Gasteiger partial charge in [0, 0.05) is 19.2 Å². The number of amides is 1. The van der Waals surface area contributed by atoms with E-state index < -0.39 is 0 Å². The third kappa shape index (κ3) is 3.38. The molecule has 1 aromatic heterocycles. The van der Waals surface area contributed by atoms with Crippen molar-refractivity contribution in [1.82, 2.24) is 9.88 Å². The Bertz CT molecular complexity index is 464. The van der Waals surface area contributed by atoms with Gasteiger partial charge in [-0.25, -0.2) is 4.98 Å². The van der Waals surface area contributed by atoms with Crippen molar-refractivity contribution in [2.24, 2.45) is 0 Å². The summed E-state index contributed by atoms with van der Waals surface area (Å²) in [5.41, 5.74) is 0.194. The molecule has 1 heterocycles. The molecule has 104 valence electrons. The summed E-state index contributed by atoms with van der Waals surface area (Å²) in [6.07, 6.45) is 3.68. The number of rotatable bonds is 5. The first-order valence-electron chi connectivity index (χ1n) is 6.37. The average molecular weight is 303 g/mol. The first-order valence-corrected chi connectivity index (χ1v) is 7.13. The number of halogens is 2. The van der Waals surface area contributed by atoms with Crippen LogP contribution in [0.2, 0.25) is 10.2 Å². The molecule has 1 amide bonds. The molecule has 0 saturated heterocycles. The lowest BCUT2D eigenvalue weighted by molar-refractivity contribution is 0.0556. The number of hydrogen-bond acceptors (Lipinski definition) is 3. The summed E-state index contributed by atoms with van der Waals surface area (Å²) in [5.74, 6) is -0.203. The fraction of sp³-hybridized carbons (Fsp3) is 0.538. The molecule has 0 bridgehead atoms. The van der Waals surface area contributed by atoms with Crippen LogP contribution < -0.4 is 0 Å². The van der Waals surface area contributed by atoms with E-state index in [0.717, 1.165) is 19.3 Å². The predicted octanol–water partition coefficient (Wildman–Crippen LogP) is 2.77. The van der Waals surface area contributed by atoms with E-state index in [1.807, 2.05) is 0 Å². The SMILES string of the molecule is O=C(c1nc(Cl)ccc1Cl)N(CCCO)C1CCC1. The quantitative estimate of drug-likeness (QED) is 0.851. The molecule has 1 fully saturated rings. The molecule has 1 aromatic rings. The maximum Gasteiger partial charge on any atom is 0.274 e. The van der Waals surface area contributed by atoms with Crippen LogP contribution in [-0.2, 0) is 0 Å². The van der Waals surface area contributed by atoms with E-state index in [1.165, 1.54) is 0 Å². The van der Waals surface area contributed by atoms with Gasteiger partial charge in [0.1, 0.15) is 10.8 Å². The lowest BCUT2D eigenvalue weighted by Crippen LogP contribution is -2.45. The number of aliphatic hydroxyl groups is 1. The highest BCUT2D eigenvalue weighted by Gasteiger charge is 2.30. The summed E-state index contributed by atoms with van der Waals surface area (Å²) >= 11 is 11.8. The van der Waals surface area contributed by atoms with E-state index >= 15 is 0 Å². The van der Waals surface area contributed by atoms with Crippen molar-refractivity contribution in [3.63, 3.8) is 0 Å². The Morgan fingerprint density at radius 2 is 2.16 bits per heavy atom. The van der Waals surface area contributed by atoms with Crippen molar-refractivity contribution in [3.05, 3.63) is 28.0 Å². The normalized spacial score (nSPS) is 15.1. The van der Waals surface area contributed by atoms with E-state index in [2.05, 4.69) is 4.98 Å². The van der Waals surface area contributed by atoms with Crippen molar-refractivity contribution in [3.8, 4) is 0 Å². The van der Waals surface area contributed by atoms with E-state index in [1.54, 1.807) is 17.0 Å². The van der Waals surface area contributed by atoms with Gasteiger partial charge in [-0.15, -0.1) is 0 Å². The monoisotopic (exact) mass is 302 g/mol. The van der Waals surface area contributed by atoms with Gasteiger partial charge in [0.25, 0.3) is 5.91 Å². The van der Waals surface area contributed by atoms with Crippen LogP contribution in [0.5, 0.6) is 0 Å². The lowest BCUT2D eigenvalue weighted by atomic mass is 9.91. The van der Waals surface area contributed by atoms with Gasteiger partial charge in [-0.3, -0.25) is 4.79 Å². The molecule has 0 radical (unpaired) electrons. The summed E-state index contributed by atoms with van der Waals surface area (Å²) in [7, 11) is 0. The minimum atomic E-state index is -0.203. The molecular weight excluding hydrogens is 287 g/mol. The Morgan fingerprint density at radius 1 is 1.42 bits per heavy atom. The Hall–Kier alpha value is -0.840. The van der Waals surface area contributed by atoms with Gasteiger partial charge in [-0.1, -0.05) is 23.2 Å². The summed E-state index contributed by atoms with van der Waals surface area (Å²) in [4.78, 5) is 18.3. The van der Waals surface area contributed by atoms with Gasteiger partial charge >= 0.3 is 0 Å². The molecule has 1 aliphatic rings. The Balaban J connectivity index is 2.19. The Kier molecular flexibility index (Phi) is 5.02. The van der Waals surface area contributed by atoms with Crippen molar-refractivity contribution in [2.75, 3.05) is 13.2 Å². The van der Waals surface area contributed by atoms with Gasteiger partial charge in [0.15, 0.2) is 0 Å². The second-order valence-electron chi connectivity index (χ2n) is 4.62. The number of nitrogens with zero attached hydrogens (tertiary/aromatic N) is 2. The highest BCUT2D eigenvalue weighted by atomic mass is 35.5. The molecule has 0 spiro atoms. The fourth-order valence-electron chi connectivity index (χ4n) is 2.09. The van der Waals surface area contributed by atoms with Gasteiger partial charge in [-0.2, -0.15) is 0 Å². The van der Waals surface area contributed by atoms with Crippen molar-refractivity contribution < 1.29 is 9.90 Å². The predicted molar refractivity (Wildman–Crippen MR) is 74.6 cm³/mol. The van der Waals surface area contributed by atoms with Crippen LogP contribution in [0.4, 0.5) is 0 Å². The van der Waals surface area contributed by atoms with E-state index in [9.17, 15) is 4.79 Å². The molecule has 1 aliphatic carbocycles. The van der Waals surface area contributed by atoms with Gasteiger partial charge in [0.05, 0.1) is 5.02 Å². The largest absolute Gasteiger partial charge is 0.396 e. The molecule has 6 heteroatoms. The molecular formula is C13H16Cl2N2O2. The smallest absolute Gasteiger partial charge is 0.274 e. The molecule has 0 unspecified atom stereocenters. The summed E-state index contributed by atoms with van der Waals surface area (Å²) < 4.78 is 0. The van der Waals surface area contributed by atoms with Crippen LogP contribution in [0, 0.1) is 0 Å². The van der Waals surface area contributed by atoms with Crippen molar-refractivity contribution in [1.29, 1.82) is 0 Å².